The lowest BCUT2D eigenvalue weighted by atomic mass is 10.0. The largest absolute Gasteiger partial charge is 0.481 e. The third-order valence-corrected chi connectivity index (χ3v) is 2.24. The highest BCUT2D eigenvalue weighted by atomic mass is 16.4. The summed E-state index contributed by atoms with van der Waals surface area (Å²) in [7, 11) is 0. The minimum atomic E-state index is -1.11. The Bertz CT molecular complexity index is 232. The number of aliphatic carboxylic acids is 1. The van der Waals surface area contributed by atoms with Crippen molar-refractivity contribution >= 4 is 11.9 Å². The van der Waals surface area contributed by atoms with E-state index < -0.39 is 24.3 Å². The van der Waals surface area contributed by atoms with Crippen LogP contribution in [0.4, 0.5) is 0 Å². The van der Waals surface area contributed by atoms with Gasteiger partial charge in [-0.25, -0.2) is 0 Å². The summed E-state index contributed by atoms with van der Waals surface area (Å²) < 4.78 is 0. The van der Waals surface area contributed by atoms with Crippen molar-refractivity contribution in [1.29, 1.82) is 0 Å². The summed E-state index contributed by atoms with van der Waals surface area (Å²) in [6.45, 7) is 3.45. The number of amides is 1. The van der Waals surface area contributed by atoms with Crippen LogP contribution in [0, 0.1) is 5.92 Å². The minimum Gasteiger partial charge on any atom is -0.481 e. The van der Waals surface area contributed by atoms with E-state index in [1.165, 1.54) is 0 Å². The van der Waals surface area contributed by atoms with Crippen molar-refractivity contribution < 1.29 is 19.8 Å². The maximum absolute atomic E-state index is 11.3. The highest BCUT2D eigenvalue weighted by molar-refractivity contribution is 5.86. The molecule has 0 aliphatic heterocycles. The van der Waals surface area contributed by atoms with E-state index in [9.17, 15) is 9.59 Å². The van der Waals surface area contributed by atoms with Gasteiger partial charge in [0.15, 0.2) is 0 Å². The molecule has 6 heteroatoms. The molecule has 0 aromatic carbocycles. The van der Waals surface area contributed by atoms with Gasteiger partial charge in [0, 0.05) is 12.6 Å². The number of carbonyl (C=O) groups excluding carboxylic acids is 1. The number of carboxylic acids is 1. The summed E-state index contributed by atoms with van der Waals surface area (Å²) in [5.74, 6) is -1.71. The first-order chi connectivity index (χ1) is 6.88. The van der Waals surface area contributed by atoms with Crippen LogP contribution in [0.15, 0.2) is 0 Å². The number of aliphatic hydroxyl groups is 1. The topological polar surface area (TPSA) is 113 Å². The molecule has 3 atom stereocenters. The van der Waals surface area contributed by atoms with Crippen molar-refractivity contribution in [3.8, 4) is 0 Å². The van der Waals surface area contributed by atoms with E-state index in [2.05, 4.69) is 5.32 Å². The molecule has 3 unspecified atom stereocenters. The first kappa shape index (κ1) is 13.9. The molecule has 0 aromatic rings. The van der Waals surface area contributed by atoms with Crippen molar-refractivity contribution in [2.45, 2.75) is 32.4 Å². The number of aliphatic hydroxyl groups excluding tert-OH is 1. The molecule has 0 saturated carbocycles. The number of rotatable bonds is 6. The Morgan fingerprint density at radius 1 is 1.40 bits per heavy atom. The summed E-state index contributed by atoms with van der Waals surface area (Å²) in [4.78, 5) is 21.6. The van der Waals surface area contributed by atoms with Gasteiger partial charge in [-0.15, -0.1) is 0 Å². The number of carboxylic acid groups (broad SMARTS) is 1. The van der Waals surface area contributed by atoms with Gasteiger partial charge in [-0.05, 0) is 12.8 Å². The van der Waals surface area contributed by atoms with Gasteiger partial charge in [0.2, 0.25) is 5.91 Å². The highest BCUT2D eigenvalue weighted by Crippen LogP contribution is 2.01. The van der Waals surface area contributed by atoms with Crippen LogP contribution in [0.25, 0.3) is 0 Å². The van der Waals surface area contributed by atoms with Gasteiger partial charge in [-0.2, -0.15) is 0 Å². The minimum absolute atomic E-state index is 0.0460. The molecule has 88 valence electrons. The van der Waals surface area contributed by atoms with Crippen molar-refractivity contribution in [2.24, 2.45) is 11.7 Å². The fraction of sp³-hybridized carbons (Fsp3) is 0.778. The van der Waals surface area contributed by atoms with Crippen molar-refractivity contribution in [3.05, 3.63) is 0 Å². The summed E-state index contributed by atoms with van der Waals surface area (Å²) in [5, 5.41) is 19.8. The van der Waals surface area contributed by atoms with Gasteiger partial charge in [0.1, 0.15) is 0 Å². The van der Waals surface area contributed by atoms with Crippen LogP contribution in [0.3, 0.4) is 0 Å². The molecule has 0 aromatic heterocycles. The smallest absolute Gasteiger partial charge is 0.305 e. The van der Waals surface area contributed by atoms with Crippen LogP contribution in [-0.4, -0.2) is 40.8 Å². The van der Waals surface area contributed by atoms with Crippen LogP contribution < -0.4 is 11.1 Å². The highest BCUT2D eigenvalue weighted by Gasteiger charge is 2.20. The van der Waals surface area contributed by atoms with E-state index in [-0.39, 0.29) is 18.6 Å². The number of nitrogens with two attached hydrogens (primary N) is 1. The predicted molar refractivity (Wildman–Crippen MR) is 54.1 cm³/mol. The molecule has 1 amide bonds. The molecular weight excluding hydrogens is 200 g/mol. The first-order valence-corrected chi connectivity index (χ1v) is 4.77. The molecule has 0 saturated heterocycles. The lowest BCUT2D eigenvalue weighted by Gasteiger charge is -2.20. The average molecular weight is 218 g/mol. The predicted octanol–water partition coefficient (Wildman–Crippen LogP) is -1.08. The maximum atomic E-state index is 11.3. The van der Waals surface area contributed by atoms with Crippen LogP contribution in [-0.2, 0) is 9.59 Å². The molecule has 0 heterocycles. The summed E-state index contributed by atoms with van der Waals surface area (Å²) in [6.07, 6.45) is -0.397. The van der Waals surface area contributed by atoms with Gasteiger partial charge in [0.05, 0.1) is 12.5 Å². The van der Waals surface area contributed by atoms with E-state index in [1.54, 1.807) is 13.8 Å². The van der Waals surface area contributed by atoms with E-state index >= 15 is 0 Å². The molecule has 0 fully saturated rings. The third-order valence-electron chi connectivity index (χ3n) is 2.24. The molecule has 0 spiro atoms. The first-order valence-electron chi connectivity index (χ1n) is 4.77. The Hall–Kier alpha value is -1.14. The van der Waals surface area contributed by atoms with Crippen LogP contribution in [0.1, 0.15) is 20.3 Å². The Labute approximate surface area is 88.5 Å². The Morgan fingerprint density at radius 2 is 1.93 bits per heavy atom. The maximum Gasteiger partial charge on any atom is 0.305 e. The Kier molecular flexibility index (Phi) is 5.88. The number of hydrogen-bond donors (Lipinski definition) is 4. The standard InChI is InChI=1S/C9H18N2O4/c1-5(4-12)6(2)11-9(15)7(10)3-8(13)14/h5-7,12H,3-4,10H2,1-2H3,(H,11,15)(H,13,14). The van der Waals surface area contributed by atoms with Gasteiger partial charge < -0.3 is 21.3 Å². The lowest BCUT2D eigenvalue weighted by Crippen LogP contribution is -2.47. The number of carbonyl (C=O) groups is 2. The fourth-order valence-corrected chi connectivity index (χ4v) is 0.913. The molecule has 0 radical (unpaired) electrons. The zero-order chi connectivity index (χ0) is 12.0. The number of hydrogen-bond acceptors (Lipinski definition) is 4. The molecule has 6 nitrogen and oxygen atoms in total. The third kappa shape index (κ3) is 5.34. The number of nitrogens with one attached hydrogen (secondary N) is 1. The van der Waals surface area contributed by atoms with Gasteiger partial charge in [0.25, 0.3) is 0 Å². The lowest BCUT2D eigenvalue weighted by molar-refractivity contribution is -0.139. The zero-order valence-corrected chi connectivity index (χ0v) is 8.93. The molecule has 0 aliphatic carbocycles. The molecule has 0 aliphatic rings. The second-order valence-corrected chi connectivity index (χ2v) is 3.66. The fourth-order valence-electron chi connectivity index (χ4n) is 0.913. The van der Waals surface area contributed by atoms with Crippen molar-refractivity contribution in [1.82, 2.24) is 5.32 Å². The van der Waals surface area contributed by atoms with Gasteiger partial charge >= 0.3 is 5.97 Å². The van der Waals surface area contributed by atoms with Gasteiger partial charge in [-0.3, -0.25) is 9.59 Å². The van der Waals surface area contributed by atoms with E-state index in [4.69, 9.17) is 15.9 Å². The van der Waals surface area contributed by atoms with Crippen LogP contribution in [0.2, 0.25) is 0 Å². The SMILES string of the molecule is CC(CO)C(C)NC(=O)C(N)CC(=O)O. The Morgan fingerprint density at radius 3 is 2.33 bits per heavy atom. The van der Waals surface area contributed by atoms with Gasteiger partial charge in [-0.1, -0.05) is 6.92 Å². The Balaban J connectivity index is 4.06. The van der Waals surface area contributed by atoms with E-state index in [1.807, 2.05) is 0 Å². The molecular formula is C9H18N2O4. The van der Waals surface area contributed by atoms with Crippen molar-refractivity contribution in [3.63, 3.8) is 0 Å². The monoisotopic (exact) mass is 218 g/mol. The second-order valence-electron chi connectivity index (χ2n) is 3.66. The molecule has 0 rings (SSSR count). The summed E-state index contributed by atoms with van der Waals surface area (Å²) >= 11 is 0. The van der Waals surface area contributed by atoms with Crippen LogP contribution in [0.5, 0.6) is 0 Å². The average Bonchev–Trinajstić information content (AvgIpc) is 2.15. The molecule has 0 bridgehead atoms. The summed E-state index contributed by atoms with van der Waals surface area (Å²) in [6, 6.07) is -1.28. The normalized spacial score (nSPS) is 16.5. The van der Waals surface area contributed by atoms with E-state index in [0.29, 0.717) is 0 Å². The van der Waals surface area contributed by atoms with Crippen LogP contribution >= 0.6 is 0 Å². The zero-order valence-electron chi connectivity index (χ0n) is 8.93. The van der Waals surface area contributed by atoms with E-state index in [0.717, 1.165) is 0 Å². The second kappa shape index (κ2) is 6.36. The quantitative estimate of drug-likeness (QED) is 0.453. The molecule has 5 N–H and O–H groups in total. The summed E-state index contributed by atoms with van der Waals surface area (Å²) in [5.41, 5.74) is 5.35. The van der Waals surface area contributed by atoms with Crippen molar-refractivity contribution in [2.75, 3.05) is 6.61 Å². The molecule has 15 heavy (non-hydrogen) atoms.